The highest BCUT2D eigenvalue weighted by Crippen LogP contribution is 2.14. The molecule has 0 spiro atoms. The predicted octanol–water partition coefficient (Wildman–Crippen LogP) is 4.06. The summed E-state index contributed by atoms with van der Waals surface area (Å²) in [6, 6.07) is 22.8. The van der Waals surface area contributed by atoms with Crippen molar-refractivity contribution in [3.8, 4) is 0 Å². The van der Waals surface area contributed by atoms with Gasteiger partial charge >= 0.3 is 0 Å². The molecule has 0 heterocycles. The molecule has 0 aliphatic rings. The minimum atomic E-state index is -3.96. The number of rotatable bonds is 5. The number of nitrogens with one attached hydrogen (secondary N) is 1. The summed E-state index contributed by atoms with van der Waals surface area (Å²) in [4.78, 5) is 12.7. The Morgan fingerprint density at radius 2 is 1.38 bits per heavy atom. The molecule has 0 saturated heterocycles. The number of nitrogens with zero attached hydrogens (tertiary/aromatic N) is 1. The summed E-state index contributed by atoms with van der Waals surface area (Å²) < 4.78 is 29.5. The molecule has 0 atom stereocenters. The Kier molecular flexibility index (Phi) is 6.24. The number of carbonyl (C=O) groups excluding carboxylic acids is 1. The average molecular weight is 407 g/mol. The summed E-state index contributed by atoms with van der Waals surface area (Å²) in [5.41, 5.74) is 3.26. The van der Waals surface area contributed by atoms with Gasteiger partial charge in [0.2, 0.25) is 0 Å². The van der Waals surface area contributed by atoms with Gasteiger partial charge in [0, 0.05) is 12.0 Å². The lowest BCUT2D eigenvalue weighted by molar-refractivity contribution is 0.0976. The summed E-state index contributed by atoms with van der Waals surface area (Å²) in [6.07, 6.45) is 0.184. The van der Waals surface area contributed by atoms with E-state index in [0.29, 0.717) is 5.56 Å². The Hall–Kier alpha value is -3.25. The molecule has 0 fully saturated rings. The van der Waals surface area contributed by atoms with E-state index in [9.17, 15) is 13.2 Å². The molecule has 3 aromatic rings. The molecule has 29 heavy (non-hydrogen) atoms. The summed E-state index contributed by atoms with van der Waals surface area (Å²) in [7, 11) is -3.96. The van der Waals surface area contributed by atoms with Crippen LogP contribution in [0, 0.1) is 13.8 Å². The molecule has 1 amide bonds. The second kappa shape index (κ2) is 8.84. The molecule has 0 aromatic heterocycles. The second-order valence-electron chi connectivity index (χ2n) is 6.81. The van der Waals surface area contributed by atoms with Crippen LogP contribution in [0.25, 0.3) is 0 Å². The van der Waals surface area contributed by atoms with E-state index < -0.39 is 15.9 Å². The molecule has 0 aliphatic heterocycles. The maximum atomic E-state index is 12.8. The molecule has 0 aliphatic carbocycles. The monoisotopic (exact) mass is 406 g/mol. The normalized spacial score (nSPS) is 11.9. The van der Waals surface area contributed by atoms with Crippen molar-refractivity contribution in [2.75, 3.05) is 0 Å². The van der Waals surface area contributed by atoms with Crippen LogP contribution < -0.4 is 5.32 Å². The number of hydrogen-bond acceptors (Lipinski definition) is 3. The van der Waals surface area contributed by atoms with Gasteiger partial charge in [-0.25, -0.2) is 0 Å². The SMILES string of the molecule is Cc1ccc(C(=O)N/C(Cc2ccccc2)=N\S(=O)(=O)c2ccc(C)cc2)cc1. The smallest absolute Gasteiger partial charge is 0.283 e. The molecule has 3 aromatic carbocycles. The fraction of sp³-hybridized carbons (Fsp3) is 0.130. The van der Waals surface area contributed by atoms with E-state index in [2.05, 4.69) is 9.71 Å². The number of sulfonamides is 1. The number of amidine groups is 1. The van der Waals surface area contributed by atoms with Crippen molar-refractivity contribution in [2.45, 2.75) is 25.2 Å². The number of amides is 1. The minimum absolute atomic E-state index is 0.0716. The van der Waals surface area contributed by atoms with Gasteiger partial charge < -0.3 is 5.32 Å². The van der Waals surface area contributed by atoms with Crippen molar-refractivity contribution in [3.05, 3.63) is 101 Å². The Morgan fingerprint density at radius 1 is 0.828 bits per heavy atom. The lowest BCUT2D eigenvalue weighted by atomic mass is 10.1. The van der Waals surface area contributed by atoms with Crippen molar-refractivity contribution in [2.24, 2.45) is 4.40 Å². The van der Waals surface area contributed by atoms with Gasteiger partial charge in [0.05, 0.1) is 4.90 Å². The van der Waals surface area contributed by atoms with Crippen molar-refractivity contribution < 1.29 is 13.2 Å². The maximum absolute atomic E-state index is 12.8. The molecule has 0 saturated carbocycles. The Labute approximate surface area is 171 Å². The van der Waals surface area contributed by atoms with Gasteiger partial charge in [-0.1, -0.05) is 65.7 Å². The number of carbonyl (C=O) groups is 1. The molecular formula is C23H22N2O3S. The second-order valence-corrected chi connectivity index (χ2v) is 8.41. The van der Waals surface area contributed by atoms with Crippen LogP contribution in [0.2, 0.25) is 0 Å². The zero-order valence-electron chi connectivity index (χ0n) is 16.3. The van der Waals surface area contributed by atoms with E-state index in [1.807, 2.05) is 56.3 Å². The third-order valence-electron chi connectivity index (χ3n) is 4.34. The standard InChI is InChI=1S/C23H22N2O3S/c1-17-8-12-20(13-9-17)23(26)24-22(16-19-6-4-3-5-7-19)25-29(27,28)21-14-10-18(2)11-15-21/h3-15H,16H2,1-2H3,(H,24,25,26). The van der Waals surface area contributed by atoms with Crippen molar-refractivity contribution >= 4 is 21.8 Å². The van der Waals surface area contributed by atoms with Crippen molar-refractivity contribution in [1.82, 2.24) is 5.32 Å². The largest absolute Gasteiger partial charge is 0.309 e. The van der Waals surface area contributed by atoms with Crippen molar-refractivity contribution in [3.63, 3.8) is 0 Å². The molecule has 0 radical (unpaired) electrons. The lowest BCUT2D eigenvalue weighted by Crippen LogP contribution is -2.32. The van der Waals surface area contributed by atoms with Crippen LogP contribution in [-0.2, 0) is 16.4 Å². The van der Waals surface area contributed by atoms with Gasteiger partial charge in [0.1, 0.15) is 5.84 Å². The third kappa shape index (κ3) is 5.62. The molecule has 3 rings (SSSR count). The van der Waals surface area contributed by atoms with Gasteiger partial charge in [-0.05, 0) is 43.7 Å². The zero-order valence-corrected chi connectivity index (χ0v) is 17.1. The molecule has 6 heteroatoms. The molecule has 1 N–H and O–H groups in total. The summed E-state index contributed by atoms with van der Waals surface area (Å²) in [5, 5.41) is 2.67. The maximum Gasteiger partial charge on any atom is 0.283 e. The molecule has 148 valence electrons. The van der Waals surface area contributed by atoms with E-state index in [0.717, 1.165) is 16.7 Å². The van der Waals surface area contributed by atoms with Crippen LogP contribution in [0.1, 0.15) is 27.0 Å². The Balaban J connectivity index is 1.93. The molecule has 5 nitrogen and oxygen atoms in total. The van der Waals surface area contributed by atoms with Gasteiger partial charge in [-0.15, -0.1) is 4.40 Å². The summed E-state index contributed by atoms with van der Waals surface area (Å²) in [5.74, 6) is -0.332. The number of benzene rings is 3. The van der Waals surface area contributed by atoms with Crippen LogP contribution in [0.3, 0.4) is 0 Å². The Morgan fingerprint density at radius 3 is 1.97 bits per heavy atom. The van der Waals surface area contributed by atoms with Gasteiger partial charge in [0.15, 0.2) is 0 Å². The van der Waals surface area contributed by atoms with Crippen LogP contribution in [0.4, 0.5) is 0 Å². The lowest BCUT2D eigenvalue weighted by Gasteiger charge is -2.10. The molecular weight excluding hydrogens is 384 g/mol. The fourth-order valence-electron chi connectivity index (χ4n) is 2.70. The fourth-order valence-corrected chi connectivity index (χ4v) is 3.69. The zero-order chi connectivity index (χ0) is 20.9. The van der Waals surface area contributed by atoms with Crippen LogP contribution in [0.15, 0.2) is 88.2 Å². The van der Waals surface area contributed by atoms with E-state index in [1.54, 1.807) is 24.3 Å². The van der Waals surface area contributed by atoms with Gasteiger partial charge in [-0.2, -0.15) is 8.42 Å². The summed E-state index contributed by atoms with van der Waals surface area (Å²) in [6.45, 7) is 3.81. The minimum Gasteiger partial charge on any atom is -0.309 e. The van der Waals surface area contributed by atoms with Crippen LogP contribution in [-0.4, -0.2) is 20.2 Å². The van der Waals surface area contributed by atoms with E-state index in [-0.39, 0.29) is 17.2 Å². The highest BCUT2D eigenvalue weighted by molar-refractivity contribution is 7.90. The third-order valence-corrected chi connectivity index (χ3v) is 5.66. The first kappa shape index (κ1) is 20.5. The van der Waals surface area contributed by atoms with Crippen LogP contribution >= 0.6 is 0 Å². The summed E-state index contributed by atoms with van der Waals surface area (Å²) >= 11 is 0. The first-order valence-corrected chi connectivity index (χ1v) is 10.6. The van der Waals surface area contributed by atoms with Gasteiger partial charge in [-0.3, -0.25) is 4.79 Å². The highest BCUT2D eigenvalue weighted by Gasteiger charge is 2.17. The van der Waals surface area contributed by atoms with Gasteiger partial charge in [0.25, 0.3) is 15.9 Å². The molecule has 0 bridgehead atoms. The topological polar surface area (TPSA) is 75.6 Å². The first-order chi connectivity index (χ1) is 13.8. The average Bonchev–Trinajstić information content (AvgIpc) is 2.69. The van der Waals surface area contributed by atoms with E-state index in [4.69, 9.17) is 0 Å². The number of hydrogen-bond donors (Lipinski definition) is 1. The first-order valence-electron chi connectivity index (χ1n) is 9.16. The molecule has 0 unspecified atom stereocenters. The Bertz CT molecular complexity index is 1120. The van der Waals surface area contributed by atoms with Crippen molar-refractivity contribution in [1.29, 1.82) is 0 Å². The van der Waals surface area contributed by atoms with E-state index in [1.165, 1.54) is 12.1 Å². The predicted molar refractivity (Wildman–Crippen MR) is 115 cm³/mol. The van der Waals surface area contributed by atoms with E-state index >= 15 is 0 Å². The van der Waals surface area contributed by atoms with Crippen LogP contribution in [0.5, 0.6) is 0 Å². The highest BCUT2D eigenvalue weighted by atomic mass is 32.2. The number of aryl methyl sites for hydroxylation is 2. The quantitative estimate of drug-likeness (QED) is 0.513.